The van der Waals surface area contributed by atoms with Crippen LogP contribution in [0, 0.1) is 6.92 Å². The molecule has 0 saturated heterocycles. The van der Waals surface area contributed by atoms with Gasteiger partial charge in [-0.1, -0.05) is 0 Å². The minimum Gasteiger partial charge on any atom is -0.260 e. The van der Waals surface area contributed by atoms with E-state index in [9.17, 15) is 8.42 Å². The summed E-state index contributed by atoms with van der Waals surface area (Å²) < 4.78 is 24.4. The number of rotatable bonds is 3. The van der Waals surface area contributed by atoms with E-state index in [1.807, 2.05) is 13.0 Å². The normalized spacial score (nSPS) is 16.7. The van der Waals surface area contributed by atoms with Crippen LogP contribution in [0.25, 0.3) is 0 Å². The predicted molar refractivity (Wildman–Crippen MR) is 62.3 cm³/mol. The van der Waals surface area contributed by atoms with Crippen LogP contribution in [0.4, 0.5) is 0 Å². The molecule has 0 spiro atoms. The summed E-state index contributed by atoms with van der Waals surface area (Å²) in [6.45, 7) is 1.84. The van der Waals surface area contributed by atoms with E-state index >= 15 is 0 Å². The van der Waals surface area contributed by atoms with E-state index in [0.717, 1.165) is 28.6 Å². The van der Waals surface area contributed by atoms with Gasteiger partial charge in [0.2, 0.25) is 0 Å². The Balaban J connectivity index is 2.27. The molecule has 0 atom stereocenters. The van der Waals surface area contributed by atoms with Gasteiger partial charge in [0.15, 0.2) is 9.84 Å². The summed E-state index contributed by atoms with van der Waals surface area (Å²) >= 11 is 3.30. The Morgan fingerprint density at radius 1 is 1.53 bits per heavy atom. The predicted octanol–water partition coefficient (Wildman–Crippen LogP) is 2.23. The van der Waals surface area contributed by atoms with E-state index < -0.39 is 9.84 Å². The second-order valence-electron chi connectivity index (χ2n) is 3.90. The Kier molecular flexibility index (Phi) is 2.85. The van der Waals surface area contributed by atoms with Crippen LogP contribution >= 0.6 is 15.9 Å². The number of pyridine rings is 1. The summed E-state index contributed by atoms with van der Waals surface area (Å²) in [6, 6.07) is 1.84. The van der Waals surface area contributed by atoms with E-state index in [1.165, 1.54) is 0 Å². The zero-order chi connectivity index (χ0) is 11.1. The maximum Gasteiger partial charge on any atom is 0.157 e. The zero-order valence-electron chi connectivity index (χ0n) is 8.40. The number of halogens is 1. The van der Waals surface area contributed by atoms with E-state index in [1.54, 1.807) is 6.20 Å². The molecule has 0 N–H and O–H groups in total. The number of aromatic nitrogens is 1. The molecule has 0 unspecified atom stereocenters. The molecule has 1 aliphatic rings. The van der Waals surface area contributed by atoms with Crippen LogP contribution in [0.2, 0.25) is 0 Å². The quantitative estimate of drug-likeness (QED) is 0.857. The van der Waals surface area contributed by atoms with Crippen molar-refractivity contribution < 1.29 is 8.42 Å². The monoisotopic (exact) mass is 289 g/mol. The third-order valence-corrected chi connectivity index (χ3v) is 5.18. The maximum atomic E-state index is 11.8. The van der Waals surface area contributed by atoms with Crippen molar-refractivity contribution in [1.29, 1.82) is 0 Å². The average Bonchev–Trinajstić information content (AvgIpc) is 2.93. The smallest absolute Gasteiger partial charge is 0.157 e. The summed E-state index contributed by atoms with van der Waals surface area (Å²) in [5.41, 5.74) is 1.60. The van der Waals surface area contributed by atoms with Gasteiger partial charge in [-0.2, -0.15) is 0 Å². The molecular weight excluding hydrogens is 278 g/mol. The van der Waals surface area contributed by atoms with E-state index in [2.05, 4.69) is 20.9 Å². The Morgan fingerprint density at radius 2 is 2.20 bits per heavy atom. The van der Waals surface area contributed by atoms with Gasteiger partial charge in [0.05, 0.1) is 11.0 Å². The van der Waals surface area contributed by atoms with Crippen molar-refractivity contribution >= 4 is 25.8 Å². The Labute approximate surface area is 98.0 Å². The minimum absolute atomic E-state index is 0.101. The van der Waals surface area contributed by atoms with Gasteiger partial charge in [0.25, 0.3) is 0 Å². The number of nitrogens with zero attached hydrogens (tertiary/aromatic N) is 1. The topological polar surface area (TPSA) is 47.0 Å². The number of sulfone groups is 1. The lowest BCUT2D eigenvalue weighted by Crippen LogP contribution is -2.11. The molecule has 0 amide bonds. The van der Waals surface area contributed by atoms with Crippen molar-refractivity contribution in [2.75, 3.05) is 0 Å². The number of aryl methyl sites for hydroxylation is 1. The highest BCUT2D eigenvalue weighted by Crippen LogP contribution is 2.31. The van der Waals surface area contributed by atoms with Gasteiger partial charge >= 0.3 is 0 Å². The Bertz CT molecular complexity index is 480. The van der Waals surface area contributed by atoms with Crippen molar-refractivity contribution in [3.63, 3.8) is 0 Å². The third kappa shape index (κ3) is 2.58. The summed E-state index contributed by atoms with van der Waals surface area (Å²) in [7, 11) is -2.94. The molecule has 1 aliphatic carbocycles. The van der Waals surface area contributed by atoms with Crippen molar-refractivity contribution in [3.05, 3.63) is 28.0 Å². The van der Waals surface area contributed by atoms with Gasteiger partial charge in [-0.15, -0.1) is 0 Å². The SMILES string of the molecule is Cc1ncc(Br)cc1CS(=O)(=O)C1CC1. The highest BCUT2D eigenvalue weighted by molar-refractivity contribution is 9.10. The largest absolute Gasteiger partial charge is 0.260 e. The molecule has 1 aromatic rings. The molecule has 0 aromatic carbocycles. The zero-order valence-corrected chi connectivity index (χ0v) is 10.8. The molecule has 0 bridgehead atoms. The van der Waals surface area contributed by atoms with Crippen molar-refractivity contribution in [1.82, 2.24) is 4.98 Å². The molecule has 0 aliphatic heterocycles. The molecule has 1 aromatic heterocycles. The van der Waals surface area contributed by atoms with Gasteiger partial charge in [-0.25, -0.2) is 8.42 Å². The van der Waals surface area contributed by atoms with E-state index in [0.29, 0.717) is 0 Å². The first-order valence-corrected chi connectivity index (χ1v) is 7.32. The molecule has 3 nitrogen and oxygen atoms in total. The Morgan fingerprint density at radius 3 is 2.80 bits per heavy atom. The highest BCUT2D eigenvalue weighted by Gasteiger charge is 2.35. The van der Waals surface area contributed by atoms with Gasteiger partial charge in [-0.3, -0.25) is 4.98 Å². The second-order valence-corrected chi connectivity index (χ2v) is 7.10. The highest BCUT2D eigenvalue weighted by atomic mass is 79.9. The molecule has 1 heterocycles. The van der Waals surface area contributed by atoms with Crippen LogP contribution in [0.3, 0.4) is 0 Å². The van der Waals surface area contributed by atoms with Crippen LogP contribution in [-0.4, -0.2) is 18.7 Å². The number of hydrogen-bond acceptors (Lipinski definition) is 3. The molecule has 15 heavy (non-hydrogen) atoms. The standard InChI is InChI=1S/C10H12BrNO2S/c1-7-8(4-9(11)5-12-7)6-15(13,14)10-2-3-10/h4-5,10H,2-3,6H2,1H3. The van der Waals surface area contributed by atoms with Gasteiger partial charge < -0.3 is 0 Å². The van der Waals surface area contributed by atoms with Crippen LogP contribution in [0.1, 0.15) is 24.1 Å². The number of hydrogen-bond donors (Lipinski definition) is 0. The lowest BCUT2D eigenvalue weighted by atomic mass is 10.2. The first kappa shape index (κ1) is 11.1. The average molecular weight is 290 g/mol. The lowest BCUT2D eigenvalue weighted by Gasteiger charge is -2.06. The minimum atomic E-state index is -2.94. The third-order valence-electron chi connectivity index (χ3n) is 2.55. The maximum absolute atomic E-state index is 11.8. The molecule has 1 saturated carbocycles. The molecular formula is C10H12BrNO2S. The molecule has 2 rings (SSSR count). The second kappa shape index (κ2) is 3.87. The van der Waals surface area contributed by atoms with E-state index in [4.69, 9.17) is 0 Å². The fourth-order valence-corrected chi connectivity index (χ4v) is 3.65. The van der Waals surface area contributed by atoms with Gasteiger partial charge in [0.1, 0.15) is 0 Å². The first-order valence-electron chi connectivity index (χ1n) is 4.81. The fraction of sp³-hybridized carbons (Fsp3) is 0.500. The van der Waals surface area contributed by atoms with Crippen LogP contribution in [0.5, 0.6) is 0 Å². The molecule has 0 radical (unpaired) electrons. The van der Waals surface area contributed by atoms with Crippen molar-refractivity contribution in [2.24, 2.45) is 0 Å². The molecule has 5 heteroatoms. The molecule has 82 valence electrons. The van der Waals surface area contributed by atoms with Crippen LogP contribution in [0.15, 0.2) is 16.7 Å². The van der Waals surface area contributed by atoms with Crippen LogP contribution in [-0.2, 0) is 15.6 Å². The Hall–Kier alpha value is -0.420. The summed E-state index contributed by atoms with van der Waals surface area (Å²) in [6.07, 6.45) is 3.33. The van der Waals surface area contributed by atoms with Crippen molar-refractivity contribution in [2.45, 2.75) is 30.8 Å². The molecule has 1 fully saturated rings. The first-order chi connectivity index (χ1) is 6.99. The van der Waals surface area contributed by atoms with Gasteiger partial charge in [-0.05, 0) is 47.3 Å². The van der Waals surface area contributed by atoms with Gasteiger partial charge in [0, 0.05) is 16.4 Å². The summed E-state index contributed by atoms with van der Waals surface area (Å²) in [4.78, 5) is 4.13. The summed E-state index contributed by atoms with van der Waals surface area (Å²) in [5, 5.41) is -0.101. The van der Waals surface area contributed by atoms with Crippen molar-refractivity contribution in [3.8, 4) is 0 Å². The van der Waals surface area contributed by atoms with E-state index in [-0.39, 0.29) is 11.0 Å². The summed E-state index contributed by atoms with van der Waals surface area (Å²) in [5.74, 6) is 0.121. The fourth-order valence-electron chi connectivity index (χ4n) is 1.46. The lowest BCUT2D eigenvalue weighted by molar-refractivity contribution is 0.593. The van der Waals surface area contributed by atoms with Crippen LogP contribution < -0.4 is 0 Å².